The molecule has 0 radical (unpaired) electrons. The van der Waals surface area contributed by atoms with Gasteiger partial charge in [0.1, 0.15) is 6.54 Å². The van der Waals surface area contributed by atoms with E-state index in [1.54, 1.807) is 7.05 Å². The molecule has 0 aromatic rings. The summed E-state index contributed by atoms with van der Waals surface area (Å²) >= 11 is 0. The first-order valence-electron chi connectivity index (χ1n) is 10.3. The molecular formula is C20H38N6O4. The van der Waals surface area contributed by atoms with Gasteiger partial charge in [0.25, 0.3) is 0 Å². The lowest BCUT2D eigenvalue weighted by Crippen LogP contribution is -2.43. The first kappa shape index (κ1) is 25.8. The second-order valence-electron chi connectivity index (χ2n) is 9.18. The minimum absolute atomic E-state index is 0.0724. The van der Waals surface area contributed by atoms with Gasteiger partial charge in [-0.1, -0.05) is 27.7 Å². The van der Waals surface area contributed by atoms with Crippen LogP contribution >= 0.6 is 0 Å². The van der Waals surface area contributed by atoms with E-state index in [9.17, 15) is 14.4 Å². The standard InChI is InChI=1S/C20H38N6O4/c1-19(2,13-30-14-20(3,4)12-24-18(29)22-6)11-23-16(27)10-26-17(28)9-15(25-26)7-8-21-5/h21H,7-14H2,1-6H3,(H,23,27)(H2,22,24,29). The summed E-state index contributed by atoms with van der Waals surface area (Å²) in [4.78, 5) is 35.6. The highest BCUT2D eigenvalue weighted by Gasteiger charge is 2.27. The Morgan fingerprint density at radius 1 is 1.07 bits per heavy atom. The SMILES string of the molecule is CNCCC1=NN(CC(=O)NCC(C)(C)COCC(C)(C)CNC(=O)NC)C(=O)C1. The third kappa shape index (κ3) is 10.0. The Morgan fingerprint density at radius 2 is 1.67 bits per heavy atom. The number of nitrogens with one attached hydrogen (secondary N) is 4. The lowest BCUT2D eigenvalue weighted by atomic mass is 9.93. The molecule has 0 aliphatic carbocycles. The number of carbonyl (C=O) groups is 3. The highest BCUT2D eigenvalue weighted by Crippen LogP contribution is 2.19. The lowest BCUT2D eigenvalue weighted by molar-refractivity contribution is -0.134. The molecule has 0 aromatic carbocycles. The molecule has 10 heteroatoms. The summed E-state index contributed by atoms with van der Waals surface area (Å²) in [6, 6.07) is -0.221. The van der Waals surface area contributed by atoms with E-state index in [1.807, 2.05) is 34.7 Å². The zero-order chi connectivity index (χ0) is 22.8. The molecule has 30 heavy (non-hydrogen) atoms. The minimum atomic E-state index is -0.282. The van der Waals surface area contributed by atoms with E-state index in [0.29, 0.717) is 32.7 Å². The molecule has 172 valence electrons. The molecule has 1 rings (SSSR count). The fourth-order valence-electron chi connectivity index (χ4n) is 2.70. The first-order chi connectivity index (χ1) is 14.0. The van der Waals surface area contributed by atoms with Crippen LogP contribution in [-0.2, 0) is 14.3 Å². The average Bonchev–Trinajstić information content (AvgIpc) is 3.02. The Hall–Kier alpha value is -2.20. The molecule has 0 fully saturated rings. The highest BCUT2D eigenvalue weighted by molar-refractivity contribution is 6.05. The topological polar surface area (TPSA) is 124 Å². The van der Waals surface area contributed by atoms with Gasteiger partial charge in [0.15, 0.2) is 0 Å². The van der Waals surface area contributed by atoms with Crippen molar-refractivity contribution in [2.24, 2.45) is 15.9 Å². The Kier molecular flexibility index (Phi) is 10.2. The van der Waals surface area contributed by atoms with Crippen molar-refractivity contribution < 1.29 is 19.1 Å². The van der Waals surface area contributed by atoms with Crippen LogP contribution in [0.5, 0.6) is 0 Å². The van der Waals surface area contributed by atoms with E-state index in [4.69, 9.17) is 4.74 Å². The van der Waals surface area contributed by atoms with E-state index in [-0.39, 0.29) is 41.6 Å². The molecule has 1 aliphatic rings. The fraction of sp³-hybridized carbons (Fsp3) is 0.800. The summed E-state index contributed by atoms with van der Waals surface area (Å²) in [7, 11) is 3.42. The third-order valence-corrected chi connectivity index (χ3v) is 4.57. The van der Waals surface area contributed by atoms with Crippen LogP contribution in [0.15, 0.2) is 5.10 Å². The second kappa shape index (κ2) is 11.8. The van der Waals surface area contributed by atoms with Gasteiger partial charge < -0.3 is 26.0 Å². The van der Waals surface area contributed by atoms with Gasteiger partial charge in [0.05, 0.1) is 19.6 Å². The van der Waals surface area contributed by atoms with Crippen LogP contribution in [0.1, 0.15) is 40.5 Å². The maximum atomic E-state index is 12.2. The summed E-state index contributed by atoms with van der Waals surface area (Å²) in [6.07, 6.45) is 0.971. The Labute approximate surface area is 179 Å². The van der Waals surface area contributed by atoms with Crippen molar-refractivity contribution in [3.8, 4) is 0 Å². The van der Waals surface area contributed by atoms with Crippen LogP contribution in [0.2, 0.25) is 0 Å². The van der Waals surface area contributed by atoms with Crippen molar-refractivity contribution in [1.29, 1.82) is 0 Å². The molecule has 10 nitrogen and oxygen atoms in total. The summed E-state index contributed by atoms with van der Waals surface area (Å²) in [5, 5.41) is 16.7. The third-order valence-electron chi connectivity index (χ3n) is 4.57. The van der Waals surface area contributed by atoms with Crippen LogP contribution < -0.4 is 21.3 Å². The van der Waals surface area contributed by atoms with Gasteiger partial charge in [-0.15, -0.1) is 0 Å². The van der Waals surface area contributed by atoms with E-state index < -0.39 is 0 Å². The molecule has 0 bridgehead atoms. The van der Waals surface area contributed by atoms with Crippen LogP contribution in [-0.4, -0.2) is 82.1 Å². The molecule has 4 amide bonds. The summed E-state index contributed by atoms with van der Waals surface area (Å²) < 4.78 is 5.85. The van der Waals surface area contributed by atoms with Crippen LogP contribution in [0.25, 0.3) is 0 Å². The van der Waals surface area contributed by atoms with Crippen LogP contribution in [0.3, 0.4) is 0 Å². The van der Waals surface area contributed by atoms with Gasteiger partial charge in [-0.05, 0) is 7.05 Å². The molecular weight excluding hydrogens is 388 g/mol. The first-order valence-corrected chi connectivity index (χ1v) is 10.3. The highest BCUT2D eigenvalue weighted by atomic mass is 16.5. The average molecular weight is 427 g/mol. The molecule has 4 N–H and O–H groups in total. The van der Waals surface area contributed by atoms with Gasteiger partial charge in [-0.3, -0.25) is 9.59 Å². The number of hydrogen-bond donors (Lipinski definition) is 4. The Balaban J connectivity index is 2.35. The number of nitrogens with zero attached hydrogens (tertiary/aromatic N) is 2. The van der Waals surface area contributed by atoms with Gasteiger partial charge in [-0.25, -0.2) is 9.80 Å². The number of hydrazone groups is 1. The van der Waals surface area contributed by atoms with Crippen molar-refractivity contribution >= 4 is 23.6 Å². The van der Waals surface area contributed by atoms with E-state index >= 15 is 0 Å². The van der Waals surface area contributed by atoms with E-state index in [2.05, 4.69) is 26.4 Å². The molecule has 0 saturated heterocycles. The number of hydrogen-bond acceptors (Lipinski definition) is 6. The molecule has 0 aromatic heterocycles. The van der Waals surface area contributed by atoms with Gasteiger partial charge in [-0.2, -0.15) is 5.10 Å². The Bertz CT molecular complexity index is 633. The predicted molar refractivity (Wildman–Crippen MR) is 116 cm³/mol. The van der Waals surface area contributed by atoms with Crippen LogP contribution in [0, 0.1) is 10.8 Å². The number of carbonyl (C=O) groups excluding carboxylic acids is 3. The van der Waals surface area contributed by atoms with Crippen molar-refractivity contribution in [2.75, 3.05) is 53.5 Å². The van der Waals surface area contributed by atoms with Gasteiger partial charge >= 0.3 is 6.03 Å². The van der Waals surface area contributed by atoms with E-state index in [1.165, 1.54) is 5.01 Å². The van der Waals surface area contributed by atoms with Gasteiger partial charge in [0, 0.05) is 49.6 Å². The fourth-order valence-corrected chi connectivity index (χ4v) is 2.70. The second-order valence-corrected chi connectivity index (χ2v) is 9.18. The number of amides is 4. The molecule has 1 heterocycles. The predicted octanol–water partition coefficient (Wildman–Crippen LogP) is 0.298. The number of rotatable bonds is 13. The molecule has 0 spiro atoms. The smallest absolute Gasteiger partial charge is 0.314 e. The number of urea groups is 1. The van der Waals surface area contributed by atoms with Crippen molar-refractivity contribution in [3.63, 3.8) is 0 Å². The Morgan fingerprint density at radius 3 is 2.23 bits per heavy atom. The zero-order valence-electron chi connectivity index (χ0n) is 19.2. The monoisotopic (exact) mass is 426 g/mol. The molecule has 0 unspecified atom stereocenters. The molecule has 1 aliphatic heterocycles. The largest absolute Gasteiger partial charge is 0.380 e. The van der Waals surface area contributed by atoms with Crippen LogP contribution in [0.4, 0.5) is 4.79 Å². The van der Waals surface area contributed by atoms with Crippen molar-refractivity contribution in [1.82, 2.24) is 26.3 Å². The quantitative estimate of drug-likeness (QED) is 0.337. The minimum Gasteiger partial charge on any atom is -0.380 e. The lowest BCUT2D eigenvalue weighted by Gasteiger charge is -2.29. The van der Waals surface area contributed by atoms with Crippen molar-refractivity contribution in [2.45, 2.75) is 40.5 Å². The molecule has 0 saturated carbocycles. The maximum absolute atomic E-state index is 12.2. The van der Waals surface area contributed by atoms with Crippen molar-refractivity contribution in [3.05, 3.63) is 0 Å². The van der Waals surface area contributed by atoms with E-state index in [0.717, 1.165) is 12.3 Å². The molecule has 0 atom stereocenters. The summed E-state index contributed by atoms with van der Waals surface area (Å²) in [5.41, 5.74) is 0.297. The summed E-state index contributed by atoms with van der Waals surface area (Å²) in [6.45, 7) is 10.5. The normalized spacial score (nSPS) is 14.5. The summed E-state index contributed by atoms with van der Waals surface area (Å²) in [5.74, 6) is -0.392. The zero-order valence-corrected chi connectivity index (χ0v) is 19.2. The van der Waals surface area contributed by atoms with Gasteiger partial charge in [0.2, 0.25) is 11.8 Å². The number of ether oxygens (including phenoxy) is 1. The maximum Gasteiger partial charge on any atom is 0.314 e.